The van der Waals surface area contributed by atoms with Crippen LogP contribution in [-0.2, 0) is 4.74 Å². The number of methoxy groups -OCH3 is 1. The molecule has 0 spiro atoms. The summed E-state index contributed by atoms with van der Waals surface area (Å²) in [5.41, 5.74) is 1.17. The van der Waals surface area contributed by atoms with E-state index >= 15 is 0 Å². The Balaban J connectivity index is 3.33. The van der Waals surface area contributed by atoms with E-state index in [2.05, 4.69) is 15.0 Å². The zero-order valence-corrected chi connectivity index (χ0v) is 8.79. The van der Waals surface area contributed by atoms with Crippen molar-refractivity contribution in [2.24, 2.45) is 0 Å². The Morgan fingerprint density at radius 3 is 2.80 bits per heavy atom. The second-order valence-electron chi connectivity index (χ2n) is 2.87. The van der Waals surface area contributed by atoms with E-state index in [-0.39, 0.29) is 0 Å². The van der Waals surface area contributed by atoms with E-state index in [4.69, 9.17) is 5.26 Å². The van der Waals surface area contributed by atoms with Crippen LogP contribution in [0.4, 0.5) is 5.82 Å². The van der Waals surface area contributed by atoms with Crippen LogP contribution in [0.25, 0.3) is 0 Å². The van der Waals surface area contributed by atoms with Crippen molar-refractivity contribution < 1.29 is 9.53 Å². The molecule has 0 fully saturated rings. The van der Waals surface area contributed by atoms with Crippen molar-refractivity contribution in [3.05, 3.63) is 22.9 Å². The fourth-order valence-electron chi connectivity index (χ4n) is 1.20. The Bertz CT molecular complexity index is 435. The fourth-order valence-corrected chi connectivity index (χ4v) is 1.20. The van der Waals surface area contributed by atoms with E-state index in [0.29, 0.717) is 22.6 Å². The first-order valence-corrected chi connectivity index (χ1v) is 4.31. The number of ether oxygens (including phenoxy) is 1. The molecule has 0 aromatic carbocycles. The number of anilines is 1. The second-order valence-corrected chi connectivity index (χ2v) is 2.87. The Kier molecular flexibility index (Phi) is 3.24. The van der Waals surface area contributed by atoms with Gasteiger partial charge in [0, 0.05) is 7.05 Å². The van der Waals surface area contributed by atoms with E-state index in [9.17, 15) is 4.79 Å². The van der Waals surface area contributed by atoms with Gasteiger partial charge in [0.15, 0.2) is 0 Å². The van der Waals surface area contributed by atoms with Gasteiger partial charge >= 0.3 is 5.97 Å². The summed E-state index contributed by atoms with van der Waals surface area (Å²) in [6.07, 6.45) is 0. The van der Waals surface area contributed by atoms with Gasteiger partial charge < -0.3 is 10.1 Å². The normalized spacial score (nSPS) is 9.20. The van der Waals surface area contributed by atoms with Crippen LogP contribution in [0.1, 0.15) is 21.6 Å². The van der Waals surface area contributed by atoms with Crippen molar-refractivity contribution >= 4 is 11.8 Å². The molecule has 1 rings (SSSR count). The van der Waals surface area contributed by atoms with Gasteiger partial charge in [0.05, 0.1) is 23.9 Å². The number of hydrogen-bond donors (Lipinski definition) is 1. The van der Waals surface area contributed by atoms with Gasteiger partial charge in [0.2, 0.25) is 0 Å². The van der Waals surface area contributed by atoms with Gasteiger partial charge in [-0.05, 0) is 13.0 Å². The summed E-state index contributed by atoms with van der Waals surface area (Å²) in [7, 11) is 2.96. The molecule has 0 radical (unpaired) electrons. The third-order valence-corrected chi connectivity index (χ3v) is 1.98. The van der Waals surface area contributed by atoms with Crippen LogP contribution in [0.3, 0.4) is 0 Å². The van der Waals surface area contributed by atoms with Crippen molar-refractivity contribution in [1.29, 1.82) is 5.26 Å². The number of carbonyl (C=O) groups is 1. The van der Waals surface area contributed by atoms with Crippen molar-refractivity contribution in [1.82, 2.24) is 4.98 Å². The molecule has 78 valence electrons. The molecule has 5 nitrogen and oxygen atoms in total. The molecule has 0 aliphatic rings. The standard InChI is InChI=1S/C10H11N3O2/c1-6-8(10(14)15-3)4-7(5-11)9(12-2)13-6/h4H,1-3H3,(H,12,13). The van der Waals surface area contributed by atoms with Crippen molar-refractivity contribution in [2.45, 2.75) is 6.92 Å². The summed E-state index contributed by atoms with van der Waals surface area (Å²) in [6, 6.07) is 3.43. The van der Waals surface area contributed by atoms with Gasteiger partial charge in [-0.2, -0.15) is 5.26 Å². The second kappa shape index (κ2) is 4.42. The van der Waals surface area contributed by atoms with E-state index in [1.54, 1.807) is 14.0 Å². The molecule has 5 heteroatoms. The number of esters is 1. The van der Waals surface area contributed by atoms with Crippen molar-refractivity contribution in [3.8, 4) is 6.07 Å². The van der Waals surface area contributed by atoms with Gasteiger partial charge in [-0.25, -0.2) is 9.78 Å². The maximum Gasteiger partial charge on any atom is 0.339 e. The lowest BCUT2D eigenvalue weighted by Crippen LogP contribution is -2.08. The number of aryl methyl sites for hydroxylation is 1. The molecule has 0 unspecified atom stereocenters. The molecule has 1 aromatic heterocycles. The molecule has 0 atom stereocenters. The molecule has 0 aliphatic carbocycles. The summed E-state index contributed by atoms with van der Waals surface area (Å²) in [4.78, 5) is 15.4. The van der Waals surface area contributed by atoms with Crippen molar-refractivity contribution in [2.75, 3.05) is 19.5 Å². The highest BCUT2D eigenvalue weighted by Crippen LogP contribution is 2.16. The van der Waals surface area contributed by atoms with Crippen LogP contribution in [0.5, 0.6) is 0 Å². The van der Waals surface area contributed by atoms with Crippen LogP contribution < -0.4 is 5.32 Å². The van der Waals surface area contributed by atoms with Crippen LogP contribution in [0, 0.1) is 18.3 Å². The molecule has 1 aromatic rings. The monoisotopic (exact) mass is 205 g/mol. The molecule has 0 aliphatic heterocycles. The fraction of sp³-hybridized carbons (Fsp3) is 0.300. The largest absolute Gasteiger partial charge is 0.465 e. The Morgan fingerprint density at radius 1 is 1.67 bits per heavy atom. The zero-order chi connectivity index (χ0) is 11.4. The lowest BCUT2D eigenvalue weighted by molar-refractivity contribution is 0.0599. The number of nitrogens with zero attached hydrogens (tertiary/aromatic N) is 2. The molecule has 0 saturated heterocycles. The number of carbonyl (C=O) groups excluding carboxylic acids is 1. The molecular weight excluding hydrogens is 194 g/mol. The van der Waals surface area contributed by atoms with E-state index < -0.39 is 5.97 Å². The van der Waals surface area contributed by atoms with E-state index in [0.717, 1.165) is 0 Å². The van der Waals surface area contributed by atoms with Crippen LogP contribution in [0.15, 0.2) is 6.07 Å². The lowest BCUT2D eigenvalue weighted by atomic mass is 10.1. The quantitative estimate of drug-likeness (QED) is 0.731. The number of hydrogen-bond acceptors (Lipinski definition) is 5. The molecule has 1 N–H and O–H groups in total. The molecule has 15 heavy (non-hydrogen) atoms. The maximum absolute atomic E-state index is 11.3. The van der Waals surface area contributed by atoms with E-state index in [1.807, 2.05) is 6.07 Å². The molecular formula is C10H11N3O2. The average Bonchev–Trinajstić information content (AvgIpc) is 2.27. The minimum Gasteiger partial charge on any atom is -0.465 e. The number of rotatable bonds is 2. The minimum atomic E-state index is -0.487. The smallest absolute Gasteiger partial charge is 0.339 e. The first-order valence-electron chi connectivity index (χ1n) is 4.31. The highest BCUT2D eigenvalue weighted by atomic mass is 16.5. The van der Waals surface area contributed by atoms with Crippen LogP contribution in [0.2, 0.25) is 0 Å². The number of nitriles is 1. The molecule has 0 amide bonds. The molecule has 0 bridgehead atoms. The zero-order valence-electron chi connectivity index (χ0n) is 8.79. The SMILES string of the molecule is CNc1nc(C)c(C(=O)OC)cc1C#N. The molecule has 1 heterocycles. The Labute approximate surface area is 87.7 Å². The average molecular weight is 205 g/mol. The number of aromatic nitrogens is 1. The third kappa shape index (κ3) is 2.05. The van der Waals surface area contributed by atoms with Gasteiger partial charge in [-0.15, -0.1) is 0 Å². The summed E-state index contributed by atoms with van der Waals surface area (Å²) in [6.45, 7) is 1.69. The first-order chi connectivity index (χ1) is 7.13. The summed E-state index contributed by atoms with van der Waals surface area (Å²) >= 11 is 0. The topological polar surface area (TPSA) is 75.0 Å². The highest BCUT2D eigenvalue weighted by molar-refractivity contribution is 5.91. The minimum absolute atomic E-state index is 0.313. The lowest BCUT2D eigenvalue weighted by Gasteiger charge is -2.07. The van der Waals surface area contributed by atoms with Gasteiger partial charge in [0.1, 0.15) is 11.9 Å². The van der Waals surface area contributed by atoms with Gasteiger partial charge in [-0.3, -0.25) is 0 Å². The summed E-state index contributed by atoms with van der Waals surface area (Å²) < 4.78 is 4.58. The highest BCUT2D eigenvalue weighted by Gasteiger charge is 2.14. The predicted octanol–water partition coefficient (Wildman–Crippen LogP) is 1.09. The van der Waals surface area contributed by atoms with Crippen LogP contribution in [-0.4, -0.2) is 25.1 Å². The number of pyridine rings is 1. The van der Waals surface area contributed by atoms with Gasteiger partial charge in [0.25, 0.3) is 0 Å². The number of nitrogens with one attached hydrogen (secondary N) is 1. The Morgan fingerprint density at radius 2 is 2.33 bits per heavy atom. The Hall–Kier alpha value is -2.09. The van der Waals surface area contributed by atoms with Gasteiger partial charge in [-0.1, -0.05) is 0 Å². The predicted molar refractivity (Wildman–Crippen MR) is 54.6 cm³/mol. The summed E-state index contributed by atoms with van der Waals surface area (Å²) in [5, 5.41) is 11.6. The maximum atomic E-state index is 11.3. The van der Waals surface area contributed by atoms with Crippen LogP contribution >= 0.6 is 0 Å². The summed E-state index contributed by atoms with van der Waals surface area (Å²) in [5.74, 6) is -0.0261. The molecule has 0 saturated carbocycles. The third-order valence-electron chi connectivity index (χ3n) is 1.98. The van der Waals surface area contributed by atoms with E-state index in [1.165, 1.54) is 13.2 Å². The van der Waals surface area contributed by atoms with Crippen molar-refractivity contribution in [3.63, 3.8) is 0 Å². The first kappa shape index (κ1) is 11.0.